The van der Waals surface area contributed by atoms with Crippen molar-refractivity contribution < 1.29 is 22.7 Å². The van der Waals surface area contributed by atoms with Crippen molar-refractivity contribution in [3.05, 3.63) is 22.1 Å². The van der Waals surface area contributed by atoms with Crippen molar-refractivity contribution in [1.29, 1.82) is 0 Å². The number of amides is 1. The van der Waals surface area contributed by atoms with Crippen LogP contribution in [0.2, 0.25) is 0 Å². The molecule has 0 spiro atoms. The number of nitrogens with one attached hydrogen (secondary N) is 2. The first-order chi connectivity index (χ1) is 12.2. The fourth-order valence-corrected chi connectivity index (χ4v) is 4.31. The van der Waals surface area contributed by atoms with Crippen LogP contribution in [0.1, 0.15) is 41.3 Å². The van der Waals surface area contributed by atoms with Gasteiger partial charge in [-0.1, -0.05) is 0 Å². The molecule has 5 nitrogen and oxygen atoms in total. The maximum atomic E-state index is 13.7. The number of piperidine rings is 1. The van der Waals surface area contributed by atoms with Gasteiger partial charge in [-0.25, -0.2) is 4.98 Å². The summed E-state index contributed by atoms with van der Waals surface area (Å²) < 4.78 is 46.9. The number of halogens is 3. The predicted octanol–water partition coefficient (Wildman–Crippen LogP) is 3.50. The van der Waals surface area contributed by atoms with E-state index in [1.165, 1.54) is 19.4 Å². The minimum atomic E-state index is -4.56. The highest BCUT2D eigenvalue weighted by molar-refractivity contribution is 7.17. The molecule has 26 heavy (non-hydrogen) atoms. The number of fused-ring (bicyclic) bond motifs is 1. The van der Waals surface area contributed by atoms with Crippen LogP contribution in [0.25, 0.3) is 10.2 Å². The van der Waals surface area contributed by atoms with Crippen molar-refractivity contribution in [1.82, 2.24) is 15.6 Å². The third-order valence-corrected chi connectivity index (χ3v) is 5.50. The monoisotopic (exact) mass is 387 g/mol. The number of hydrogen-bond donors (Lipinski definition) is 2. The van der Waals surface area contributed by atoms with Crippen molar-refractivity contribution in [2.45, 2.75) is 45.0 Å². The number of aromatic nitrogens is 1. The number of nitrogens with zero attached hydrogens (tertiary/aromatic N) is 1. The Hall–Kier alpha value is -1.87. The van der Waals surface area contributed by atoms with E-state index in [9.17, 15) is 18.0 Å². The number of pyridine rings is 1. The van der Waals surface area contributed by atoms with E-state index < -0.39 is 17.6 Å². The molecule has 0 aliphatic carbocycles. The molecule has 0 aromatic carbocycles. The molecular formula is C17H20F3N3O2S. The molecule has 3 heterocycles. The third kappa shape index (κ3) is 3.50. The largest absolute Gasteiger partial charge is 0.474 e. The molecule has 0 saturated carbocycles. The van der Waals surface area contributed by atoms with Gasteiger partial charge in [-0.3, -0.25) is 4.79 Å². The van der Waals surface area contributed by atoms with Crippen LogP contribution in [0.5, 0.6) is 5.88 Å². The quantitative estimate of drug-likeness (QED) is 0.846. The summed E-state index contributed by atoms with van der Waals surface area (Å²) in [6.07, 6.45) is -3.39. The summed E-state index contributed by atoms with van der Waals surface area (Å²) >= 11 is 0.872. The fraction of sp³-hybridized carbons (Fsp3) is 0.529. The van der Waals surface area contributed by atoms with Crippen molar-refractivity contribution >= 4 is 27.5 Å². The Balaban J connectivity index is 2.12. The van der Waals surface area contributed by atoms with Gasteiger partial charge in [0, 0.05) is 24.0 Å². The second-order valence-electron chi connectivity index (χ2n) is 6.44. The van der Waals surface area contributed by atoms with Gasteiger partial charge in [-0.05, 0) is 33.2 Å². The van der Waals surface area contributed by atoms with Crippen LogP contribution in [-0.2, 0) is 6.18 Å². The van der Waals surface area contributed by atoms with Gasteiger partial charge in [-0.2, -0.15) is 13.2 Å². The lowest BCUT2D eigenvalue weighted by atomic mass is 10.0. The Kier molecular flexibility index (Phi) is 5.12. The second kappa shape index (κ2) is 7.03. The maximum absolute atomic E-state index is 13.7. The Bertz CT molecular complexity index is 835. The molecular weight excluding hydrogens is 367 g/mol. The van der Waals surface area contributed by atoms with E-state index in [1.54, 1.807) is 0 Å². The van der Waals surface area contributed by atoms with E-state index >= 15 is 0 Å². The van der Waals surface area contributed by atoms with Crippen molar-refractivity contribution in [2.24, 2.45) is 0 Å². The van der Waals surface area contributed by atoms with Crippen molar-refractivity contribution in [2.75, 3.05) is 13.6 Å². The van der Waals surface area contributed by atoms with Gasteiger partial charge < -0.3 is 15.4 Å². The summed E-state index contributed by atoms with van der Waals surface area (Å²) in [5, 5.41) is 7.11. The van der Waals surface area contributed by atoms with E-state index in [2.05, 4.69) is 15.6 Å². The number of rotatable bonds is 3. The van der Waals surface area contributed by atoms with Gasteiger partial charge >= 0.3 is 6.18 Å². The van der Waals surface area contributed by atoms with Crippen LogP contribution >= 0.6 is 11.3 Å². The molecule has 0 unspecified atom stereocenters. The lowest BCUT2D eigenvalue weighted by molar-refractivity contribution is -0.136. The number of carbonyl (C=O) groups excluding carboxylic acids is 1. The summed E-state index contributed by atoms with van der Waals surface area (Å²) in [6, 6.07) is 0.224. The number of alkyl halides is 3. The minimum absolute atomic E-state index is 0.0317. The van der Waals surface area contributed by atoms with Crippen LogP contribution in [0.3, 0.4) is 0 Å². The first kappa shape index (κ1) is 18.9. The van der Waals surface area contributed by atoms with E-state index in [-0.39, 0.29) is 39.4 Å². The van der Waals surface area contributed by atoms with Gasteiger partial charge in [0.15, 0.2) is 0 Å². The maximum Gasteiger partial charge on any atom is 0.418 e. The van der Waals surface area contributed by atoms with Crippen LogP contribution < -0.4 is 15.4 Å². The van der Waals surface area contributed by atoms with Crippen molar-refractivity contribution in [3.63, 3.8) is 0 Å². The molecule has 0 bridgehead atoms. The summed E-state index contributed by atoms with van der Waals surface area (Å²) in [4.78, 5) is 16.3. The first-order valence-corrected chi connectivity index (χ1v) is 9.21. The van der Waals surface area contributed by atoms with Gasteiger partial charge in [0.1, 0.15) is 6.10 Å². The van der Waals surface area contributed by atoms with Crippen LogP contribution in [0.4, 0.5) is 13.2 Å². The van der Waals surface area contributed by atoms with Crippen LogP contribution in [0, 0.1) is 6.92 Å². The molecule has 0 radical (unpaired) electrons. The van der Waals surface area contributed by atoms with Gasteiger partial charge in [0.2, 0.25) is 5.88 Å². The van der Waals surface area contributed by atoms with E-state index in [1.807, 2.05) is 6.92 Å². The van der Waals surface area contributed by atoms with Gasteiger partial charge in [0.05, 0.1) is 21.3 Å². The van der Waals surface area contributed by atoms with E-state index in [0.29, 0.717) is 12.8 Å². The van der Waals surface area contributed by atoms with Gasteiger partial charge in [-0.15, -0.1) is 11.3 Å². The summed E-state index contributed by atoms with van der Waals surface area (Å²) in [6.45, 7) is 4.11. The third-order valence-electron chi connectivity index (χ3n) is 4.51. The molecule has 2 aromatic heterocycles. The number of hydrogen-bond acceptors (Lipinski definition) is 5. The molecule has 1 amide bonds. The van der Waals surface area contributed by atoms with E-state index in [4.69, 9.17) is 4.74 Å². The average molecular weight is 387 g/mol. The van der Waals surface area contributed by atoms with Crippen LogP contribution in [-0.4, -0.2) is 36.6 Å². The Labute approximate surface area is 152 Å². The Morgan fingerprint density at radius 3 is 2.81 bits per heavy atom. The minimum Gasteiger partial charge on any atom is -0.474 e. The number of carbonyl (C=O) groups is 1. The summed E-state index contributed by atoms with van der Waals surface area (Å²) in [5.41, 5.74) is -0.660. The summed E-state index contributed by atoms with van der Waals surface area (Å²) in [5.74, 6) is -0.519. The van der Waals surface area contributed by atoms with E-state index in [0.717, 1.165) is 17.9 Å². The molecule has 1 saturated heterocycles. The predicted molar refractivity (Wildman–Crippen MR) is 93.9 cm³/mol. The standard InChI is InChI=1S/C17H20F3N3O2S/c1-8-6-10(4-5-22-8)25-16-9(2)12(17(18,19)20)14-13(23-16)11(7-26-14)15(24)21-3/h7-8,10,22H,4-6H2,1-3H3,(H,21,24)/t8-,10-/m0/s1. The zero-order valence-electron chi connectivity index (χ0n) is 14.7. The molecule has 9 heteroatoms. The molecule has 3 rings (SSSR count). The highest BCUT2D eigenvalue weighted by Gasteiger charge is 2.38. The Morgan fingerprint density at radius 2 is 2.19 bits per heavy atom. The zero-order valence-corrected chi connectivity index (χ0v) is 15.5. The average Bonchev–Trinajstić information content (AvgIpc) is 2.96. The highest BCUT2D eigenvalue weighted by Crippen LogP contribution is 2.43. The molecule has 1 fully saturated rings. The lowest BCUT2D eigenvalue weighted by Gasteiger charge is -2.29. The molecule has 1 aliphatic heterocycles. The molecule has 2 N–H and O–H groups in total. The molecule has 2 aromatic rings. The fourth-order valence-electron chi connectivity index (χ4n) is 3.21. The zero-order chi connectivity index (χ0) is 19.1. The molecule has 2 atom stereocenters. The Morgan fingerprint density at radius 1 is 1.46 bits per heavy atom. The topological polar surface area (TPSA) is 63.2 Å². The molecule has 1 aliphatic rings. The second-order valence-corrected chi connectivity index (χ2v) is 7.32. The highest BCUT2D eigenvalue weighted by atomic mass is 32.1. The van der Waals surface area contributed by atoms with Gasteiger partial charge in [0.25, 0.3) is 5.91 Å². The summed E-state index contributed by atoms with van der Waals surface area (Å²) in [7, 11) is 1.43. The smallest absolute Gasteiger partial charge is 0.418 e. The number of ether oxygens (including phenoxy) is 1. The first-order valence-electron chi connectivity index (χ1n) is 8.33. The SMILES string of the molecule is CNC(=O)c1csc2c(C(F)(F)F)c(C)c(O[C@H]3CCN[C@@H](C)C3)nc12. The number of thiophene rings is 1. The normalized spacial score (nSPS) is 21.0. The molecule has 142 valence electrons. The van der Waals surface area contributed by atoms with Crippen LogP contribution in [0.15, 0.2) is 5.38 Å². The lowest BCUT2D eigenvalue weighted by Crippen LogP contribution is -2.40. The van der Waals surface area contributed by atoms with Crippen molar-refractivity contribution in [3.8, 4) is 5.88 Å².